The molecule has 0 fully saturated rings. The monoisotopic (exact) mass is 474 g/mol. The van der Waals surface area contributed by atoms with Crippen molar-refractivity contribution < 1.29 is 57.4 Å². The average molecular weight is 475 g/mol. The summed E-state index contributed by atoms with van der Waals surface area (Å²) in [4.78, 5) is 30.1. The Morgan fingerprint density at radius 1 is 1.35 bits per heavy atom. The average Bonchev–Trinajstić information content (AvgIpc) is 2.67. The van der Waals surface area contributed by atoms with Crippen LogP contribution in [0.3, 0.4) is 0 Å². The van der Waals surface area contributed by atoms with Gasteiger partial charge in [-0.25, -0.2) is 14.5 Å². The van der Waals surface area contributed by atoms with E-state index in [1.165, 1.54) is 26.2 Å². The van der Waals surface area contributed by atoms with Crippen molar-refractivity contribution in [2.24, 2.45) is 0 Å². The molecule has 1 unspecified atom stereocenters. The predicted molar refractivity (Wildman–Crippen MR) is 93.1 cm³/mol. The number of aryl methyl sites for hydroxylation is 1. The Morgan fingerprint density at radius 2 is 2.06 bits per heavy atom. The summed E-state index contributed by atoms with van der Waals surface area (Å²) < 4.78 is 50.7. The first-order chi connectivity index (χ1) is 14.5. The molecule has 15 heteroatoms. The molecule has 0 bridgehead atoms. The first-order valence-corrected chi connectivity index (χ1v) is 8.74. The highest BCUT2D eigenvalue weighted by molar-refractivity contribution is 6.30. The van der Waals surface area contributed by atoms with E-state index >= 15 is 0 Å². The number of carbonyl (C=O) groups excluding carboxylic acids is 1. The van der Waals surface area contributed by atoms with Gasteiger partial charge in [0.2, 0.25) is 6.10 Å². The van der Waals surface area contributed by atoms with Crippen LogP contribution in [0.5, 0.6) is 5.75 Å². The van der Waals surface area contributed by atoms with Gasteiger partial charge in [0.05, 0.1) is 18.1 Å². The first kappa shape index (κ1) is 25.3. The fourth-order valence-electron chi connectivity index (χ4n) is 2.51. The Hall–Kier alpha value is -2.01. The van der Waals surface area contributed by atoms with Gasteiger partial charge < -0.3 is 9.47 Å². The zero-order chi connectivity index (χ0) is 23.2. The van der Waals surface area contributed by atoms with Gasteiger partial charge in [0, 0.05) is 10.6 Å². The minimum absolute atomic E-state index is 0.0817. The number of halogens is 4. The van der Waals surface area contributed by atoms with Gasteiger partial charge >= 0.3 is 12.1 Å². The summed E-state index contributed by atoms with van der Waals surface area (Å²) in [7, 11) is 1.19. The molecule has 1 aromatic carbocycles. The summed E-state index contributed by atoms with van der Waals surface area (Å²) in [6.07, 6.45) is -8.06. The van der Waals surface area contributed by atoms with Crippen LogP contribution >= 0.6 is 11.6 Å². The normalized spacial score (nSPS) is 17.1. The van der Waals surface area contributed by atoms with Crippen LogP contribution in [0.25, 0.3) is 6.08 Å². The molecule has 0 saturated carbocycles. The molecule has 1 aliphatic heterocycles. The molecule has 1 aliphatic rings. The van der Waals surface area contributed by atoms with Gasteiger partial charge in [-0.2, -0.15) is 13.2 Å². The second-order valence-corrected chi connectivity index (χ2v) is 6.45. The Bertz CT molecular complexity index is 807. The van der Waals surface area contributed by atoms with E-state index in [1.54, 1.807) is 0 Å². The van der Waals surface area contributed by atoms with Crippen molar-refractivity contribution in [2.45, 2.75) is 25.3 Å². The lowest BCUT2D eigenvalue weighted by Gasteiger charge is -2.29. The number of carbonyl (C=O) groups is 1. The summed E-state index contributed by atoms with van der Waals surface area (Å²) in [5.41, 5.74) is 1.45. The summed E-state index contributed by atoms with van der Waals surface area (Å²) in [5.74, 6) is -1.51. The van der Waals surface area contributed by atoms with E-state index in [-0.39, 0.29) is 16.3 Å². The molecule has 0 radical (unpaired) electrons. The third-order valence-electron chi connectivity index (χ3n) is 3.71. The van der Waals surface area contributed by atoms with Crippen LogP contribution in [-0.4, -0.2) is 60.5 Å². The Balaban J connectivity index is 2.26. The van der Waals surface area contributed by atoms with Gasteiger partial charge in [0.15, 0.2) is 6.10 Å². The fourth-order valence-corrected chi connectivity index (χ4v) is 2.79. The van der Waals surface area contributed by atoms with Crippen molar-refractivity contribution in [3.05, 3.63) is 33.9 Å². The summed E-state index contributed by atoms with van der Waals surface area (Å²) in [6.45, 7) is 0.188. The molecule has 0 aliphatic carbocycles. The van der Waals surface area contributed by atoms with Crippen molar-refractivity contribution in [3.8, 4) is 5.75 Å². The zero-order valence-electron chi connectivity index (χ0n) is 16.0. The predicted octanol–water partition coefficient (Wildman–Crippen LogP) is 2.29. The molecule has 0 aromatic heterocycles. The minimum Gasteiger partial charge on any atom is -0.475 e. The Morgan fingerprint density at radius 3 is 2.68 bits per heavy atom. The van der Waals surface area contributed by atoms with Crippen molar-refractivity contribution in [3.63, 3.8) is 0 Å². The topological polar surface area (TPSA) is 128 Å². The molecule has 11 nitrogen and oxygen atoms in total. The number of ether oxygens (including phenoxy) is 2. The van der Waals surface area contributed by atoms with E-state index in [2.05, 4.69) is 19.6 Å². The maximum Gasteiger partial charge on any atom is 0.430 e. The third kappa shape index (κ3) is 7.27. The third-order valence-corrected chi connectivity index (χ3v) is 3.93. The number of nitrogens with zero attached hydrogens (tertiary/aromatic N) is 1. The largest absolute Gasteiger partial charge is 0.475 e. The molecular formula is C16H18ClF3N2O9. The molecule has 2 atom stereocenters. The standard InChI is InChI=1S/C16H18ClF3N2O9/c1-8-3-10(17)4-9-5-12(14(16(18,19)20)30-13(8)9)15(23)29-11(6-27-22(24)25)7-28-31-21-26-2/h3-5,11,14,21,24-25H,6-7H2,1-2H3/t11?,14-/m0/s1. The second kappa shape index (κ2) is 11.0. The highest BCUT2D eigenvalue weighted by Crippen LogP contribution is 2.40. The summed E-state index contributed by atoms with van der Waals surface area (Å²) >= 11 is 5.94. The maximum absolute atomic E-state index is 13.6. The van der Waals surface area contributed by atoms with Crippen LogP contribution in [0.15, 0.2) is 17.7 Å². The van der Waals surface area contributed by atoms with Gasteiger partial charge in [0.25, 0.3) is 0 Å². The summed E-state index contributed by atoms with van der Waals surface area (Å²) in [6, 6.07) is 2.74. The number of benzene rings is 1. The highest BCUT2D eigenvalue weighted by Gasteiger charge is 2.49. The van der Waals surface area contributed by atoms with E-state index in [1.807, 2.05) is 5.64 Å². The quantitative estimate of drug-likeness (QED) is 0.200. The number of hydrogen-bond acceptors (Lipinski definition) is 11. The lowest BCUT2D eigenvalue weighted by atomic mass is 9.99. The Kier molecular flexibility index (Phi) is 8.99. The van der Waals surface area contributed by atoms with Crippen LogP contribution in [0.2, 0.25) is 5.02 Å². The number of nitrogens with one attached hydrogen (secondary N) is 1. The molecule has 0 amide bonds. The van der Waals surface area contributed by atoms with Crippen LogP contribution in [-0.2, 0) is 29.1 Å². The zero-order valence-corrected chi connectivity index (χ0v) is 16.8. The molecule has 1 heterocycles. The smallest absolute Gasteiger partial charge is 0.430 e. The SMILES string of the molecule is CONOOCC(CON(O)O)OC(=O)C1=Cc2cc(Cl)cc(C)c2O[C@@H]1C(F)(F)F. The van der Waals surface area contributed by atoms with Crippen molar-refractivity contribution in [1.29, 1.82) is 0 Å². The number of fused-ring (bicyclic) bond motifs is 1. The van der Waals surface area contributed by atoms with Gasteiger partial charge in [-0.3, -0.25) is 15.3 Å². The molecule has 0 spiro atoms. The van der Waals surface area contributed by atoms with Crippen molar-refractivity contribution >= 4 is 23.6 Å². The van der Waals surface area contributed by atoms with Crippen molar-refractivity contribution in [1.82, 2.24) is 11.0 Å². The molecule has 31 heavy (non-hydrogen) atoms. The van der Waals surface area contributed by atoms with Crippen molar-refractivity contribution in [2.75, 3.05) is 20.3 Å². The van der Waals surface area contributed by atoms with Crippen LogP contribution < -0.4 is 10.4 Å². The van der Waals surface area contributed by atoms with E-state index in [9.17, 15) is 18.0 Å². The second-order valence-electron chi connectivity index (χ2n) is 6.01. The van der Waals surface area contributed by atoms with Gasteiger partial charge in [-0.15, -0.1) is 4.99 Å². The van der Waals surface area contributed by atoms with Gasteiger partial charge in [-0.1, -0.05) is 11.6 Å². The van der Waals surface area contributed by atoms with E-state index in [0.29, 0.717) is 5.56 Å². The van der Waals surface area contributed by atoms with E-state index in [0.717, 1.165) is 6.08 Å². The van der Waals surface area contributed by atoms with E-state index in [4.69, 9.17) is 31.5 Å². The number of esters is 1. The van der Waals surface area contributed by atoms with Crippen LogP contribution in [0.4, 0.5) is 13.2 Å². The molecule has 0 saturated heterocycles. The number of rotatable bonds is 10. The lowest BCUT2D eigenvalue weighted by Crippen LogP contribution is -2.42. The van der Waals surface area contributed by atoms with Crippen LogP contribution in [0.1, 0.15) is 11.1 Å². The Labute approximate surface area is 178 Å². The van der Waals surface area contributed by atoms with E-state index < -0.39 is 48.5 Å². The molecule has 3 N–H and O–H groups in total. The molecule has 2 rings (SSSR count). The van der Waals surface area contributed by atoms with Crippen LogP contribution in [0, 0.1) is 6.92 Å². The van der Waals surface area contributed by atoms with Gasteiger partial charge in [0.1, 0.15) is 19.0 Å². The number of alkyl halides is 3. The number of hydrogen-bond donors (Lipinski definition) is 3. The summed E-state index contributed by atoms with van der Waals surface area (Å²) in [5, 5.41) is 16.8. The molecule has 174 valence electrons. The fraction of sp³-hybridized carbons (Fsp3) is 0.438. The first-order valence-electron chi connectivity index (χ1n) is 8.36. The minimum atomic E-state index is -4.95. The molecular weight excluding hydrogens is 457 g/mol. The molecule has 1 aromatic rings. The lowest BCUT2D eigenvalue weighted by molar-refractivity contribution is -0.496. The highest BCUT2D eigenvalue weighted by atomic mass is 35.5. The van der Waals surface area contributed by atoms with Gasteiger partial charge in [-0.05, 0) is 36.3 Å². The maximum atomic E-state index is 13.6.